The molecule has 0 atom stereocenters. The molecule has 0 bridgehead atoms. The lowest BCUT2D eigenvalue weighted by Gasteiger charge is -2.23. The zero-order valence-corrected chi connectivity index (χ0v) is 14.3. The lowest BCUT2D eigenvalue weighted by atomic mass is 9.94. The van der Waals surface area contributed by atoms with E-state index in [1.54, 1.807) is 6.92 Å². The first-order valence-electron chi connectivity index (χ1n) is 8.73. The Labute approximate surface area is 143 Å². The zero-order chi connectivity index (χ0) is 17.2. The summed E-state index contributed by atoms with van der Waals surface area (Å²) in [4.78, 5) is 25.7. The van der Waals surface area contributed by atoms with E-state index in [2.05, 4.69) is 22.3 Å². The predicted molar refractivity (Wildman–Crippen MR) is 93.5 cm³/mol. The van der Waals surface area contributed by atoms with Crippen LogP contribution in [0.1, 0.15) is 48.5 Å². The first-order valence-corrected chi connectivity index (χ1v) is 8.73. The van der Waals surface area contributed by atoms with E-state index in [1.165, 1.54) is 44.3 Å². The van der Waals surface area contributed by atoms with Crippen LogP contribution in [0.15, 0.2) is 24.3 Å². The molecule has 1 heterocycles. The standard InChI is InChI=1S/C19H26N3O2/c1-14(17(20)23)12-21-18(24)15-4-6-16(7-5-15)19(8-9-19)13-22-10-2-3-11-22/h4-7H,2-3,8-13H2,1H3,(H2,20,23)(H,21,24). The molecule has 2 aliphatic rings. The van der Waals surface area contributed by atoms with Gasteiger partial charge in [-0.2, -0.15) is 0 Å². The van der Waals surface area contributed by atoms with Gasteiger partial charge >= 0.3 is 0 Å². The van der Waals surface area contributed by atoms with Crippen molar-refractivity contribution in [1.82, 2.24) is 10.2 Å². The Morgan fingerprint density at radius 3 is 2.33 bits per heavy atom. The molecule has 1 saturated carbocycles. The van der Waals surface area contributed by atoms with Gasteiger partial charge in [-0.3, -0.25) is 9.59 Å². The second kappa shape index (κ2) is 6.93. The van der Waals surface area contributed by atoms with Gasteiger partial charge in [-0.15, -0.1) is 0 Å². The topological polar surface area (TPSA) is 75.4 Å². The van der Waals surface area contributed by atoms with Crippen molar-refractivity contribution in [2.24, 2.45) is 5.73 Å². The number of nitrogens with two attached hydrogens (primary N) is 1. The van der Waals surface area contributed by atoms with Crippen molar-refractivity contribution in [3.8, 4) is 0 Å². The molecule has 5 heteroatoms. The van der Waals surface area contributed by atoms with Gasteiger partial charge in [0.15, 0.2) is 0 Å². The van der Waals surface area contributed by atoms with Crippen molar-refractivity contribution in [3.05, 3.63) is 41.3 Å². The van der Waals surface area contributed by atoms with Crippen molar-refractivity contribution < 1.29 is 9.59 Å². The van der Waals surface area contributed by atoms with Crippen LogP contribution in [-0.2, 0) is 10.2 Å². The summed E-state index contributed by atoms with van der Waals surface area (Å²) in [7, 11) is 0. The number of primary amides is 1. The molecule has 0 aromatic heterocycles. The highest BCUT2D eigenvalue weighted by atomic mass is 16.2. The van der Waals surface area contributed by atoms with Crippen LogP contribution in [0.4, 0.5) is 0 Å². The van der Waals surface area contributed by atoms with E-state index in [0.29, 0.717) is 16.9 Å². The molecule has 2 fully saturated rings. The Kier molecular flexibility index (Phi) is 4.90. The number of nitrogens with one attached hydrogen (secondary N) is 1. The van der Waals surface area contributed by atoms with Gasteiger partial charge in [0.25, 0.3) is 5.91 Å². The van der Waals surface area contributed by atoms with E-state index in [4.69, 9.17) is 5.73 Å². The van der Waals surface area contributed by atoms with Gasteiger partial charge in [-0.05, 0) is 63.4 Å². The second-order valence-electron chi connectivity index (χ2n) is 7.17. The molecule has 129 valence electrons. The predicted octanol–water partition coefficient (Wildman–Crippen LogP) is 1.62. The highest BCUT2D eigenvalue weighted by Crippen LogP contribution is 2.49. The molecule has 1 saturated heterocycles. The third-order valence-electron chi connectivity index (χ3n) is 5.27. The van der Waals surface area contributed by atoms with Gasteiger partial charge in [-0.25, -0.2) is 0 Å². The SMILES string of the molecule is C[C](CNC(=O)c1ccc(C2(CN3CCCC3)CC2)cc1)C(N)=O. The first kappa shape index (κ1) is 17.0. The van der Waals surface area contributed by atoms with Gasteiger partial charge in [0, 0.05) is 24.1 Å². The van der Waals surface area contributed by atoms with Gasteiger partial charge in [0.2, 0.25) is 5.91 Å². The number of benzene rings is 1. The van der Waals surface area contributed by atoms with Crippen LogP contribution in [0.5, 0.6) is 0 Å². The van der Waals surface area contributed by atoms with E-state index in [1.807, 2.05) is 12.1 Å². The van der Waals surface area contributed by atoms with E-state index in [9.17, 15) is 9.59 Å². The second-order valence-corrected chi connectivity index (χ2v) is 7.17. The molecule has 1 aliphatic carbocycles. The molecule has 5 nitrogen and oxygen atoms in total. The Balaban J connectivity index is 1.58. The molecule has 0 unspecified atom stereocenters. The van der Waals surface area contributed by atoms with Gasteiger partial charge in [-0.1, -0.05) is 12.1 Å². The highest BCUT2D eigenvalue weighted by Gasteiger charge is 2.45. The zero-order valence-electron chi connectivity index (χ0n) is 14.3. The Morgan fingerprint density at radius 1 is 1.17 bits per heavy atom. The van der Waals surface area contributed by atoms with Gasteiger partial charge < -0.3 is 16.0 Å². The largest absolute Gasteiger partial charge is 0.369 e. The van der Waals surface area contributed by atoms with Crippen molar-refractivity contribution in [1.29, 1.82) is 0 Å². The molecular weight excluding hydrogens is 302 g/mol. The lowest BCUT2D eigenvalue weighted by molar-refractivity contribution is -0.116. The van der Waals surface area contributed by atoms with Gasteiger partial charge in [0.1, 0.15) is 0 Å². The smallest absolute Gasteiger partial charge is 0.251 e. The highest BCUT2D eigenvalue weighted by molar-refractivity contribution is 5.95. The number of rotatable bonds is 7. The maximum atomic E-state index is 12.1. The summed E-state index contributed by atoms with van der Waals surface area (Å²) >= 11 is 0. The maximum absolute atomic E-state index is 12.1. The molecule has 0 spiro atoms. The van der Waals surface area contributed by atoms with Crippen LogP contribution in [0.3, 0.4) is 0 Å². The van der Waals surface area contributed by atoms with Crippen molar-refractivity contribution in [2.45, 2.75) is 38.0 Å². The van der Waals surface area contributed by atoms with Gasteiger partial charge in [0.05, 0.1) is 5.92 Å². The van der Waals surface area contributed by atoms with E-state index in [0.717, 1.165) is 6.54 Å². The number of hydrogen-bond acceptors (Lipinski definition) is 3. The lowest BCUT2D eigenvalue weighted by Crippen LogP contribution is -2.33. The van der Waals surface area contributed by atoms with Crippen molar-refractivity contribution in [2.75, 3.05) is 26.2 Å². The average Bonchev–Trinajstić information content (AvgIpc) is 3.18. The fraction of sp³-hybridized carbons (Fsp3) is 0.526. The molecular formula is C19H26N3O2. The molecule has 1 aromatic rings. The first-order chi connectivity index (χ1) is 11.5. The van der Waals surface area contributed by atoms with Crippen LogP contribution < -0.4 is 11.1 Å². The number of nitrogens with zero attached hydrogens (tertiary/aromatic N) is 1. The molecule has 3 N–H and O–H groups in total. The number of amides is 2. The fourth-order valence-corrected chi connectivity index (χ4v) is 3.43. The molecule has 1 radical (unpaired) electrons. The minimum Gasteiger partial charge on any atom is -0.369 e. The summed E-state index contributed by atoms with van der Waals surface area (Å²) in [6.07, 6.45) is 5.11. The Morgan fingerprint density at radius 2 is 1.79 bits per heavy atom. The molecule has 24 heavy (non-hydrogen) atoms. The summed E-state index contributed by atoms with van der Waals surface area (Å²) in [5.41, 5.74) is 7.43. The third kappa shape index (κ3) is 3.78. The Hall–Kier alpha value is -1.88. The Bertz CT molecular complexity index is 602. The van der Waals surface area contributed by atoms with Crippen LogP contribution in [-0.4, -0.2) is 42.9 Å². The fourth-order valence-electron chi connectivity index (χ4n) is 3.43. The minimum absolute atomic E-state index is 0.175. The van der Waals surface area contributed by atoms with Crippen LogP contribution >= 0.6 is 0 Å². The quantitative estimate of drug-likeness (QED) is 0.799. The summed E-state index contributed by atoms with van der Waals surface area (Å²) in [5, 5.41) is 2.73. The molecule has 2 amide bonds. The minimum atomic E-state index is -0.483. The maximum Gasteiger partial charge on any atom is 0.251 e. The van der Waals surface area contributed by atoms with E-state index in [-0.39, 0.29) is 12.5 Å². The third-order valence-corrected chi connectivity index (χ3v) is 5.27. The number of carbonyl (C=O) groups excluding carboxylic acids is 2. The monoisotopic (exact) mass is 328 g/mol. The average molecular weight is 328 g/mol. The summed E-state index contributed by atoms with van der Waals surface area (Å²) < 4.78 is 0. The summed E-state index contributed by atoms with van der Waals surface area (Å²) in [5.74, 6) is -0.211. The number of likely N-dealkylation sites (tertiary alicyclic amines) is 1. The summed E-state index contributed by atoms with van der Waals surface area (Å²) in [6, 6.07) is 7.94. The van der Waals surface area contributed by atoms with Crippen molar-refractivity contribution in [3.63, 3.8) is 0 Å². The number of carbonyl (C=O) groups is 2. The van der Waals surface area contributed by atoms with E-state index >= 15 is 0 Å². The molecule has 1 aliphatic heterocycles. The van der Waals surface area contributed by atoms with Crippen LogP contribution in [0.2, 0.25) is 0 Å². The van der Waals surface area contributed by atoms with Crippen LogP contribution in [0.25, 0.3) is 0 Å². The summed E-state index contributed by atoms with van der Waals surface area (Å²) in [6.45, 7) is 5.40. The van der Waals surface area contributed by atoms with Crippen LogP contribution in [0, 0.1) is 5.92 Å². The van der Waals surface area contributed by atoms with Crippen molar-refractivity contribution >= 4 is 11.8 Å². The molecule has 1 aromatic carbocycles. The normalized spacial score (nSPS) is 19.4. The number of hydrogen-bond donors (Lipinski definition) is 2. The molecule has 3 rings (SSSR count). The van der Waals surface area contributed by atoms with E-state index < -0.39 is 5.91 Å².